The van der Waals surface area contributed by atoms with E-state index in [9.17, 15) is 8.78 Å². The lowest BCUT2D eigenvalue weighted by Gasteiger charge is -2.08. The van der Waals surface area contributed by atoms with Crippen molar-refractivity contribution in [2.75, 3.05) is 0 Å². The summed E-state index contributed by atoms with van der Waals surface area (Å²) in [5.41, 5.74) is 0.843. The average molecular weight is 395 g/mol. The van der Waals surface area contributed by atoms with Crippen LogP contribution in [0.2, 0.25) is 0 Å². The van der Waals surface area contributed by atoms with Crippen molar-refractivity contribution < 1.29 is 13.5 Å². The smallest absolute Gasteiger partial charge is 0.387 e. The third kappa shape index (κ3) is 3.17. The van der Waals surface area contributed by atoms with Crippen LogP contribution in [0.1, 0.15) is 5.56 Å². The monoisotopic (exact) mass is 392 g/mol. The molecule has 0 amide bonds. The molecular weight excluding hydrogens is 390 g/mol. The van der Waals surface area contributed by atoms with E-state index in [1.807, 2.05) is 0 Å². The van der Waals surface area contributed by atoms with Crippen LogP contribution in [0.15, 0.2) is 21.1 Å². The Balaban J connectivity index is 3.03. The normalized spacial score (nSPS) is 10.7. The Labute approximate surface area is 105 Å². The van der Waals surface area contributed by atoms with Gasteiger partial charge in [-0.2, -0.15) is 8.78 Å². The Morgan fingerprint density at radius 1 is 1.29 bits per heavy atom. The van der Waals surface area contributed by atoms with Gasteiger partial charge in [0, 0.05) is 14.3 Å². The molecule has 6 heteroatoms. The van der Waals surface area contributed by atoms with Gasteiger partial charge < -0.3 is 4.74 Å². The number of benzene rings is 1. The number of rotatable bonds is 3. The summed E-state index contributed by atoms with van der Waals surface area (Å²) in [7, 11) is 0. The van der Waals surface area contributed by atoms with Crippen LogP contribution in [0.4, 0.5) is 8.78 Å². The standard InChI is InChI=1S/C8H5Br3F2O/c9-3-4-1-5(14-8(12)13)2-6(10)7(4)11/h1-2,8H,3H2. The summed E-state index contributed by atoms with van der Waals surface area (Å²) in [5, 5.41) is 0.562. The third-order valence-electron chi connectivity index (χ3n) is 1.45. The molecule has 0 aromatic heterocycles. The van der Waals surface area contributed by atoms with Gasteiger partial charge >= 0.3 is 6.61 Å². The molecule has 0 aliphatic carbocycles. The molecule has 0 unspecified atom stereocenters. The van der Waals surface area contributed by atoms with E-state index in [-0.39, 0.29) is 5.75 Å². The van der Waals surface area contributed by atoms with Crippen LogP contribution < -0.4 is 4.74 Å². The number of hydrogen-bond donors (Lipinski definition) is 0. The van der Waals surface area contributed by atoms with Crippen LogP contribution in [0.5, 0.6) is 5.75 Å². The Kier molecular flexibility index (Phi) is 4.79. The maximum atomic E-state index is 11.9. The van der Waals surface area contributed by atoms with E-state index < -0.39 is 6.61 Å². The summed E-state index contributed by atoms with van der Waals surface area (Å²) in [6, 6.07) is 3.04. The first-order valence-corrected chi connectivity index (χ1v) is 6.24. The zero-order valence-corrected chi connectivity index (χ0v) is 11.5. The fourth-order valence-corrected chi connectivity index (χ4v) is 2.55. The van der Waals surface area contributed by atoms with Crippen molar-refractivity contribution in [1.82, 2.24) is 0 Å². The van der Waals surface area contributed by atoms with Crippen LogP contribution in [0, 0.1) is 0 Å². The van der Waals surface area contributed by atoms with Gasteiger partial charge in [-0.25, -0.2) is 0 Å². The lowest BCUT2D eigenvalue weighted by molar-refractivity contribution is -0.0499. The van der Waals surface area contributed by atoms with Crippen molar-refractivity contribution in [1.29, 1.82) is 0 Å². The van der Waals surface area contributed by atoms with Gasteiger partial charge in [0.05, 0.1) is 0 Å². The molecule has 0 aliphatic rings. The topological polar surface area (TPSA) is 9.23 Å². The Morgan fingerprint density at radius 3 is 2.43 bits per heavy atom. The van der Waals surface area contributed by atoms with E-state index >= 15 is 0 Å². The van der Waals surface area contributed by atoms with Gasteiger partial charge in [-0.05, 0) is 49.6 Å². The van der Waals surface area contributed by atoms with Gasteiger partial charge in [-0.3, -0.25) is 0 Å². The summed E-state index contributed by atoms with van der Waals surface area (Å²) in [6.07, 6.45) is 0. The molecule has 78 valence electrons. The Bertz CT molecular complexity index is 331. The van der Waals surface area contributed by atoms with E-state index in [2.05, 4.69) is 52.5 Å². The molecule has 0 atom stereocenters. The van der Waals surface area contributed by atoms with Gasteiger partial charge in [0.25, 0.3) is 0 Å². The van der Waals surface area contributed by atoms with E-state index in [1.165, 1.54) is 6.07 Å². The van der Waals surface area contributed by atoms with Gasteiger partial charge in [-0.1, -0.05) is 15.9 Å². The first-order chi connectivity index (χ1) is 6.54. The molecule has 1 aromatic carbocycles. The maximum absolute atomic E-state index is 11.9. The van der Waals surface area contributed by atoms with Crippen LogP contribution in [0.3, 0.4) is 0 Å². The molecule has 0 saturated heterocycles. The summed E-state index contributed by atoms with van der Waals surface area (Å²) in [6.45, 7) is -2.80. The van der Waals surface area contributed by atoms with Crippen LogP contribution in [-0.4, -0.2) is 6.61 Å². The second kappa shape index (κ2) is 5.42. The maximum Gasteiger partial charge on any atom is 0.387 e. The highest BCUT2D eigenvalue weighted by Gasteiger charge is 2.10. The largest absolute Gasteiger partial charge is 0.435 e. The number of ether oxygens (including phenoxy) is 1. The molecule has 1 nitrogen and oxygen atoms in total. The zero-order chi connectivity index (χ0) is 10.7. The van der Waals surface area contributed by atoms with Crippen molar-refractivity contribution in [3.8, 4) is 5.75 Å². The average Bonchev–Trinajstić information content (AvgIpc) is 2.10. The summed E-state index contributed by atoms with van der Waals surface area (Å²) in [4.78, 5) is 0. The minimum absolute atomic E-state index is 0.143. The molecule has 0 fully saturated rings. The van der Waals surface area contributed by atoms with E-state index in [0.717, 1.165) is 10.0 Å². The molecule has 0 saturated carbocycles. The van der Waals surface area contributed by atoms with Crippen molar-refractivity contribution in [3.63, 3.8) is 0 Å². The lowest BCUT2D eigenvalue weighted by atomic mass is 10.2. The van der Waals surface area contributed by atoms with Crippen LogP contribution in [-0.2, 0) is 5.33 Å². The van der Waals surface area contributed by atoms with Crippen LogP contribution in [0.25, 0.3) is 0 Å². The van der Waals surface area contributed by atoms with Gasteiger partial charge in [0.2, 0.25) is 0 Å². The summed E-state index contributed by atoms with van der Waals surface area (Å²) in [5.74, 6) is 0.143. The predicted octanol–water partition coefficient (Wildman–Crippen LogP) is 4.71. The molecule has 1 rings (SSSR count). The second-order valence-corrected chi connectivity index (χ2v) is 4.60. The van der Waals surface area contributed by atoms with Crippen molar-refractivity contribution >= 4 is 47.8 Å². The molecule has 0 N–H and O–H groups in total. The van der Waals surface area contributed by atoms with Crippen molar-refractivity contribution in [3.05, 3.63) is 26.6 Å². The first-order valence-electron chi connectivity index (χ1n) is 3.53. The van der Waals surface area contributed by atoms with Crippen LogP contribution >= 0.6 is 47.8 Å². The molecule has 0 bridgehead atoms. The van der Waals surface area contributed by atoms with E-state index in [4.69, 9.17) is 0 Å². The van der Waals surface area contributed by atoms with Crippen molar-refractivity contribution in [2.24, 2.45) is 0 Å². The highest BCUT2D eigenvalue weighted by Crippen LogP contribution is 2.33. The zero-order valence-electron chi connectivity index (χ0n) is 6.74. The van der Waals surface area contributed by atoms with Gasteiger partial charge in [0.15, 0.2) is 0 Å². The molecule has 0 aliphatic heterocycles. The highest BCUT2D eigenvalue weighted by atomic mass is 79.9. The summed E-state index contributed by atoms with van der Waals surface area (Å²) >= 11 is 9.80. The number of halogens is 5. The minimum Gasteiger partial charge on any atom is -0.435 e. The molecule has 14 heavy (non-hydrogen) atoms. The fraction of sp³-hybridized carbons (Fsp3) is 0.250. The Morgan fingerprint density at radius 2 is 1.93 bits per heavy atom. The molecule has 1 aromatic rings. The second-order valence-electron chi connectivity index (χ2n) is 2.39. The SMILES string of the molecule is FC(F)Oc1cc(Br)c(Br)c(CBr)c1. The molecule has 0 heterocycles. The minimum atomic E-state index is -2.80. The Hall–Kier alpha value is 0.320. The van der Waals surface area contributed by atoms with Gasteiger partial charge in [0.1, 0.15) is 5.75 Å². The summed E-state index contributed by atoms with van der Waals surface area (Å²) < 4.78 is 29.7. The quantitative estimate of drug-likeness (QED) is 0.675. The molecule has 0 spiro atoms. The van der Waals surface area contributed by atoms with E-state index in [1.54, 1.807) is 6.07 Å². The number of hydrogen-bond acceptors (Lipinski definition) is 1. The van der Waals surface area contributed by atoms with Crippen molar-refractivity contribution in [2.45, 2.75) is 11.9 Å². The number of alkyl halides is 3. The van der Waals surface area contributed by atoms with Gasteiger partial charge in [-0.15, -0.1) is 0 Å². The molecular formula is C8H5Br3F2O. The lowest BCUT2D eigenvalue weighted by Crippen LogP contribution is -2.02. The fourth-order valence-electron chi connectivity index (χ4n) is 0.887. The first kappa shape index (κ1) is 12.4. The highest BCUT2D eigenvalue weighted by molar-refractivity contribution is 9.13. The third-order valence-corrected chi connectivity index (χ3v) is 4.14. The van der Waals surface area contributed by atoms with E-state index in [0.29, 0.717) is 9.80 Å². The predicted molar refractivity (Wildman–Crippen MR) is 61.1 cm³/mol. The molecule has 0 radical (unpaired) electrons.